The van der Waals surface area contributed by atoms with Crippen molar-refractivity contribution in [2.45, 2.75) is 13.5 Å². The van der Waals surface area contributed by atoms with Crippen LogP contribution < -0.4 is 14.2 Å². The first-order chi connectivity index (χ1) is 15.5. The molecule has 166 valence electrons. The summed E-state index contributed by atoms with van der Waals surface area (Å²) in [5, 5.41) is 18.0. The van der Waals surface area contributed by atoms with Crippen LogP contribution in [0.25, 0.3) is 28.3 Å². The first-order valence-electron chi connectivity index (χ1n) is 9.82. The standard InChI is InChI=1S/C23H23ClN4O4/c1-13-22(25-21(12-29)28(13)18-8-6-5-7-15(18)24)17-11-16(26-27-17)14-9-19(30-2)23(32-4)20(10-14)31-3/h5-11,29H,12H2,1-4H3,(H,26,27). The minimum atomic E-state index is -0.236. The van der Waals surface area contributed by atoms with Crippen LogP contribution in [-0.2, 0) is 6.61 Å². The van der Waals surface area contributed by atoms with Crippen molar-refractivity contribution in [3.63, 3.8) is 0 Å². The van der Waals surface area contributed by atoms with E-state index >= 15 is 0 Å². The highest BCUT2D eigenvalue weighted by Gasteiger charge is 2.21. The summed E-state index contributed by atoms with van der Waals surface area (Å²) in [7, 11) is 4.69. The van der Waals surface area contributed by atoms with Crippen molar-refractivity contribution in [2.24, 2.45) is 0 Å². The third-order valence-corrected chi connectivity index (χ3v) is 5.52. The van der Waals surface area contributed by atoms with Crippen molar-refractivity contribution < 1.29 is 19.3 Å². The van der Waals surface area contributed by atoms with Gasteiger partial charge in [0.2, 0.25) is 5.75 Å². The quantitative estimate of drug-likeness (QED) is 0.429. The topological polar surface area (TPSA) is 94.4 Å². The zero-order chi connectivity index (χ0) is 22.8. The van der Waals surface area contributed by atoms with Gasteiger partial charge in [-0.15, -0.1) is 0 Å². The molecule has 0 fully saturated rings. The van der Waals surface area contributed by atoms with Crippen molar-refractivity contribution >= 4 is 11.6 Å². The Morgan fingerprint density at radius 1 is 1.03 bits per heavy atom. The highest BCUT2D eigenvalue weighted by atomic mass is 35.5. The molecule has 0 radical (unpaired) electrons. The number of aliphatic hydroxyl groups excluding tert-OH is 1. The number of halogens is 1. The molecule has 0 spiro atoms. The molecule has 0 aliphatic heterocycles. The normalized spacial score (nSPS) is 10.9. The van der Waals surface area contributed by atoms with Gasteiger partial charge >= 0.3 is 0 Å². The first-order valence-corrected chi connectivity index (χ1v) is 10.2. The number of nitrogens with one attached hydrogen (secondary N) is 1. The van der Waals surface area contributed by atoms with Gasteiger partial charge in [-0.25, -0.2) is 4.98 Å². The van der Waals surface area contributed by atoms with E-state index in [1.165, 1.54) is 0 Å². The molecule has 4 aromatic rings. The molecule has 0 unspecified atom stereocenters. The van der Waals surface area contributed by atoms with Crippen molar-refractivity contribution in [3.05, 3.63) is 59.0 Å². The van der Waals surface area contributed by atoms with Crippen molar-refractivity contribution in [1.29, 1.82) is 0 Å². The molecule has 0 atom stereocenters. The number of methoxy groups -OCH3 is 3. The van der Waals surface area contributed by atoms with Gasteiger partial charge in [0.15, 0.2) is 11.5 Å². The number of nitrogens with zero attached hydrogens (tertiary/aromatic N) is 3. The highest BCUT2D eigenvalue weighted by molar-refractivity contribution is 6.32. The summed E-state index contributed by atoms with van der Waals surface area (Å²) in [6, 6.07) is 13.0. The van der Waals surface area contributed by atoms with Gasteiger partial charge < -0.3 is 19.3 Å². The molecule has 0 saturated carbocycles. The summed E-state index contributed by atoms with van der Waals surface area (Å²) in [5.74, 6) is 2.06. The zero-order valence-electron chi connectivity index (χ0n) is 18.1. The van der Waals surface area contributed by atoms with Gasteiger partial charge in [-0.1, -0.05) is 23.7 Å². The van der Waals surface area contributed by atoms with Crippen LogP contribution in [0.5, 0.6) is 17.2 Å². The number of para-hydroxylation sites is 1. The average Bonchev–Trinajstić information content (AvgIpc) is 3.43. The summed E-state index contributed by atoms with van der Waals surface area (Å²) in [4.78, 5) is 4.63. The molecule has 0 bridgehead atoms. The van der Waals surface area contributed by atoms with E-state index in [1.54, 1.807) is 27.4 Å². The maximum atomic E-state index is 9.91. The molecule has 2 N–H and O–H groups in total. The Kier molecular flexibility index (Phi) is 6.07. The second-order valence-corrected chi connectivity index (χ2v) is 7.40. The van der Waals surface area contributed by atoms with Gasteiger partial charge in [0.05, 0.1) is 43.4 Å². The summed E-state index contributed by atoms with van der Waals surface area (Å²) in [6.45, 7) is 1.69. The second-order valence-electron chi connectivity index (χ2n) is 6.99. The molecule has 4 rings (SSSR count). The van der Waals surface area contributed by atoms with Gasteiger partial charge in [0, 0.05) is 11.3 Å². The third-order valence-electron chi connectivity index (χ3n) is 5.21. The van der Waals surface area contributed by atoms with Gasteiger partial charge in [0.1, 0.15) is 18.1 Å². The molecular formula is C23H23ClN4O4. The number of hydrogen-bond donors (Lipinski definition) is 2. The van der Waals surface area contributed by atoms with E-state index in [9.17, 15) is 5.11 Å². The Hall–Kier alpha value is -3.49. The fourth-order valence-corrected chi connectivity index (χ4v) is 3.91. The predicted octanol–water partition coefficient (Wildman–Crippen LogP) is 4.41. The lowest BCUT2D eigenvalue weighted by molar-refractivity contribution is 0.269. The molecule has 0 aliphatic carbocycles. The van der Waals surface area contributed by atoms with E-state index in [2.05, 4.69) is 15.2 Å². The minimum Gasteiger partial charge on any atom is -0.493 e. The van der Waals surface area contributed by atoms with E-state index in [0.717, 1.165) is 16.9 Å². The van der Waals surface area contributed by atoms with Crippen LogP contribution in [0.3, 0.4) is 0 Å². The molecule has 32 heavy (non-hydrogen) atoms. The number of rotatable bonds is 7. The number of benzene rings is 2. The lowest BCUT2D eigenvalue weighted by atomic mass is 10.1. The van der Waals surface area contributed by atoms with Gasteiger partial charge in [-0.05, 0) is 37.3 Å². The molecule has 9 heteroatoms. The van der Waals surface area contributed by atoms with Crippen LogP contribution in [0, 0.1) is 6.92 Å². The Labute approximate surface area is 190 Å². The van der Waals surface area contributed by atoms with E-state index < -0.39 is 0 Å². The smallest absolute Gasteiger partial charge is 0.203 e. The monoisotopic (exact) mass is 454 g/mol. The predicted molar refractivity (Wildman–Crippen MR) is 122 cm³/mol. The van der Waals surface area contributed by atoms with Crippen LogP contribution in [0.4, 0.5) is 0 Å². The maximum absolute atomic E-state index is 9.91. The van der Waals surface area contributed by atoms with Crippen LogP contribution in [0.15, 0.2) is 42.5 Å². The number of hydrogen-bond acceptors (Lipinski definition) is 6. The molecule has 8 nitrogen and oxygen atoms in total. The minimum absolute atomic E-state index is 0.236. The van der Waals surface area contributed by atoms with Crippen molar-refractivity contribution in [3.8, 4) is 45.6 Å². The molecule has 2 heterocycles. The second kappa shape index (κ2) is 8.94. The van der Waals surface area contributed by atoms with Gasteiger partial charge in [0.25, 0.3) is 0 Å². The number of H-pyrrole nitrogens is 1. The first kappa shape index (κ1) is 21.7. The summed E-state index contributed by atoms with van der Waals surface area (Å²) in [6.07, 6.45) is 0. The Morgan fingerprint density at radius 3 is 2.31 bits per heavy atom. The maximum Gasteiger partial charge on any atom is 0.203 e. The molecule has 2 aromatic heterocycles. The number of aromatic nitrogens is 4. The largest absolute Gasteiger partial charge is 0.493 e. The van der Waals surface area contributed by atoms with Crippen molar-refractivity contribution in [2.75, 3.05) is 21.3 Å². The zero-order valence-corrected chi connectivity index (χ0v) is 18.9. The molecule has 0 amide bonds. The Balaban J connectivity index is 1.80. The van der Waals surface area contributed by atoms with E-state index in [1.807, 2.05) is 47.9 Å². The molecule has 0 aliphatic rings. The fourth-order valence-electron chi connectivity index (χ4n) is 3.69. The average molecular weight is 455 g/mol. The summed E-state index contributed by atoms with van der Waals surface area (Å²) in [5.41, 5.74) is 4.40. The lowest BCUT2D eigenvalue weighted by Gasteiger charge is -2.13. The van der Waals surface area contributed by atoms with Crippen molar-refractivity contribution in [1.82, 2.24) is 19.7 Å². The van der Waals surface area contributed by atoms with Crippen LogP contribution >= 0.6 is 11.6 Å². The van der Waals surface area contributed by atoms with Gasteiger partial charge in [-0.2, -0.15) is 5.10 Å². The molecule has 2 aromatic carbocycles. The van der Waals surface area contributed by atoms with E-state index in [4.69, 9.17) is 25.8 Å². The van der Waals surface area contributed by atoms with Crippen LogP contribution in [-0.4, -0.2) is 46.2 Å². The number of aliphatic hydroxyl groups is 1. The van der Waals surface area contributed by atoms with E-state index in [0.29, 0.717) is 45.2 Å². The summed E-state index contributed by atoms with van der Waals surface area (Å²) < 4.78 is 18.1. The fraction of sp³-hybridized carbons (Fsp3) is 0.217. The Morgan fingerprint density at radius 2 is 1.72 bits per heavy atom. The molecular weight excluding hydrogens is 432 g/mol. The van der Waals surface area contributed by atoms with Crippen LogP contribution in [0.2, 0.25) is 5.02 Å². The van der Waals surface area contributed by atoms with Gasteiger partial charge in [-0.3, -0.25) is 9.67 Å². The van der Waals surface area contributed by atoms with Crippen LogP contribution in [0.1, 0.15) is 11.5 Å². The summed E-state index contributed by atoms with van der Waals surface area (Å²) >= 11 is 6.40. The number of ether oxygens (including phenoxy) is 3. The van der Waals surface area contributed by atoms with E-state index in [-0.39, 0.29) is 6.61 Å². The number of imidazole rings is 1. The third kappa shape index (κ3) is 3.68. The SMILES string of the molecule is COc1cc(-c2cc(-c3nc(CO)n(-c4ccccc4Cl)c3C)[nH]n2)cc(OC)c1OC. The Bertz CT molecular complexity index is 1240. The number of aromatic amines is 1. The molecule has 0 saturated heterocycles. The lowest BCUT2D eigenvalue weighted by Crippen LogP contribution is -2.03. The highest BCUT2D eigenvalue weighted by Crippen LogP contribution is 2.41.